The monoisotopic (exact) mass is 343 g/mol. The number of hydrogen-bond acceptors (Lipinski definition) is 2. The zero-order valence-electron chi connectivity index (χ0n) is 10.8. The molecule has 1 nitrogen and oxygen atoms in total. The van der Waals surface area contributed by atoms with Gasteiger partial charge in [-0.3, -0.25) is 0 Å². The molecule has 2 aromatic carbocycles. The average Bonchev–Trinajstić information content (AvgIpc) is 2.92. The van der Waals surface area contributed by atoms with E-state index in [-0.39, 0.29) is 0 Å². The molecule has 3 heteroatoms. The highest BCUT2D eigenvalue weighted by Crippen LogP contribution is 2.25. The summed E-state index contributed by atoms with van der Waals surface area (Å²) >= 11 is 5.31. The second kappa shape index (κ2) is 6.25. The van der Waals surface area contributed by atoms with Gasteiger partial charge >= 0.3 is 0 Å². The van der Waals surface area contributed by atoms with Crippen molar-refractivity contribution >= 4 is 33.0 Å². The molecule has 0 radical (unpaired) electrons. The van der Waals surface area contributed by atoms with Gasteiger partial charge in [-0.05, 0) is 50.6 Å². The van der Waals surface area contributed by atoms with Gasteiger partial charge in [-0.2, -0.15) is 0 Å². The van der Waals surface area contributed by atoms with Gasteiger partial charge in [0.15, 0.2) is 0 Å². The summed E-state index contributed by atoms with van der Waals surface area (Å²) in [7, 11) is 0. The summed E-state index contributed by atoms with van der Waals surface area (Å²) in [5.74, 6) is 0. The van der Waals surface area contributed by atoms with Gasteiger partial charge in [-0.1, -0.05) is 42.5 Å². The summed E-state index contributed by atoms with van der Waals surface area (Å²) in [6.07, 6.45) is 0. The Morgan fingerprint density at radius 1 is 0.850 bits per heavy atom. The largest absolute Gasteiger partial charge is 0.380 e. The van der Waals surface area contributed by atoms with E-state index in [0.29, 0.717) is 0 Å². The van der Waals surface area contributed by atoms with Crippen LogP contribution in [0.2, 0.25) is 0 Å². The first-order chi connectivity index (χ1) is 9.83. The van der Waals surface area contributed by atoms with E-state index in [1.165, 1.54) is 20.5 Å². The van der Waals surface area contributed by atoms with Crippen molar-refractivity contribution in [3.05, 3.63) is 75.4 Å². The predicted octanol–water partition coefficient (Wildman–Crippen LogP) is 5.79. The first kappa shape index (κ1) is 13.4. The first-order valence-corrected chi connectivity index (χ1v) is 8.11. The van der Waals surface area contributed by atoms with Gasteiger partial charge in [-0.15, -0.1) is 11.3 Å². The minimum absolute atomic E-state index is 0.850. The smallest absolute Gasteiger partial charge is 0.0505 e. The summed E-state index contributed by atoms with van der Waals surface area (Å²) in [6.45, 7) is 0.850. The Morgan fingerprint density at radius 3 is 2.20 bits per heavy atom. The van der Waals surface area contributed by atoms with E-state index in [4.69, 9.17) is 0 Å². The standard InChI is InChI=1S/C17H14BrNS/c18-16-10-11-20-17(16)12-19-15-8-6-14(7-9-15)13-4-2-1-3-5-13/h1-11,19H,12H2. The molecule has 0 unspecified atom stereocenters. The summed E-state index contributed by atoms with van der Waals surface area (Å²) < 4.78 is 1.18. The fraction of sp³-hybridized carbons (Fsp3) is 0.0588. The zero-order chi connectivity index (χ0) is 13.8. The third kappa shape index (κ3) is 3.11. The third-order valence-corrected chi connectivity index (χ3v) is 5.06. The lowest BCUT2D eigenvalue weighted by Gasteiger charge is -2.07. The average molecular weight is 344 g/mol. The van der Waals surface area contributed by atoms with Crippen LogP contribution in [0.5, 0.6) is 0 Å². The van der Waals surface area contributed by atoms with Crippen molar-refractivity contribution in [1.82, 2.24) is 0 Å². The third-order valence-electron chi connectivity index (χ3n) is 3.14. The summed E-state index contributed by atoms with van der Waals surface area (Å²) in [6, 6.07) is 21.1. The quantitative estimate of drug-likeness (QED) is 0.632. The van der Waals surface area contributed by atoms with E-state index < -0.39 is 0 Å². The number of benzene rings is 2. The number of halogens is 1. The second-order valence-electron chi connectivity index (χ2n) is 4.49. The van der Waals surface area contributed by atoms with E-state index in [0.717, 1.165) is 12.2 Å². The van der Waals surface area contributed by atoms with E-state index in [9.17, 15) is 0 Å². The molecule has 1 heterocycles. The summed E-state index contributed by atoms with van der Waals surface area (Å²) in [5, 5.41) is 5.54. The molecular weight excluding hydrogens is 330 g/mol. The van der Waals surface area contributed by atoms with Crippen molar-refractivity contribution in [3.63, 3.8) is 0 Å². The molecule has 0 saturated heterocycles. The molecule has 0 aliphatic carbocycles. The van der Waals surface area contributed by atoms with Gasteiger partial charge in [0, 0.05) is 15.0 Å². The molecule has 1 N–H and O–H groups in total. The SMILES string of the molecule is Brc1ccsc1CNc1ccc(-c2ccccc2)cc1. The lowest BCUT2D eigenvalue weighted by molar-refractivity contribution is 1.18. The molecule has 20 heavy (non-hydrogen) atoms. The summed E-state index contributed by atoms with van der Waals surface area (Å²) in [5.41, 5.74) is 3.64. The van der Waals surface area contributed by atoms with E-state index in [1.807, 2.05) is 6.07 Å². The van der Waals surface area contributed by atoms with Crippen molar-refractivity contribution < 1.29 is 0 Å². The maximum atomic E-state index is 3.55. The van der Waals surface area contributed by atoms with Crippen molar-refractivity contribution in [3.8, 4) is 11.1 Å². The fourth-order valence-electron chi connectivity index (χ4n) is 2.04. The molecule has 0 aliphatic rings. The number of anilines is 1. The van der Waals surface area contributed by atoms with Crippen LogP contribution in [0.25, 0.3) is 11.1 Å². The van der Waals surface area contributed by atoms with Crippen LogP contribution >= 0.6 is 27.3 Å². The maximum Gasteiger partial charge on any atom is 0.0505 e. The highest BCUT2D eigenvalue weighted by molar-refractivity contribution is 9.10. The van der Waals surface area contributed by atoms with E-state index >= 15 is 0 Å². The van der Waals surface area contributed by atoms with Gasteiger partial charge in [0.2, 0.25) is 0 Å². The van der Waals surface area contributed by atoms with Crippen LogP contribution in [0.3, 0.4) is 0 Å². The van der Waals surface area contributed by atoms with Gasteiger partial charge in [0.05, 0.1) is 6.54 Å². The molecule has 1 aromatic heterocycles. The zero-order valence-corrected chi connectivity index (χ0v) is 13.2. The Bertz CT molecular complexity index is 674. The van der Waals surface area contributed by atoms with Crippen LogP contribution in [0.4, 0.5) is 5.69 Å². The van der Waals surface area contributed by atoms with Crippen molar-refractivity contribution in [1.29, 1.82) is 0 Å². The number of nitrogens with one attached hydrogen (secondary N) is 1. The molecule has 3 aromatic rings. The molecule has 0 amide bonds. The van der Waals surface area contributed by atoms with Crippen LogP contribution in [0.15, 0.2) is 70.5 Å². The number of hydrogen-bond donors (Lipinski definition) is 1. The Hall–Kier alpha value is -1.58. The number of thiophene rings is 1. The van der Waals surface area contributed by atoms with Gasteiger partial charge in [0.1, 0.15) is 0 Å². The molecule has 0 saturated carbocycles. The van der Waals surface area contributed by atoms with Crippen LogP contribution < -0.4 is 5.32 Å². The molecule has 0 fully saturated rings. The number of rotatable bonds is 4. The van der Waals surface area contributed by atoms with Crippen LogP contribution in [-0.4, -0.2) is 0 Å². The highest BCUT2D eigenvalue weighted by Gasteiger charge is 2.01. The minimum Gasteiger partial charge on any atom is -0.380 e. The van der Waals surface area contributed by atoms with Crippen LogP contribution in [0.1, 0.15) is 4.88 Å². The van der Waals surface area contributed by atoms with E-state index in [1.54, 1.807) is 11.3 Å². The molecule has 0 atom stereocenters. The molecule has 0 aliphatic heterocycles. The van der Waals surface area contributed by atoms with Crippen molar-refractivity contribution in [2.24, 2.45) is 0 Å². The fourth-order valence-corrected chi connectivity index (χ4v) is 3.48. The Balaban J connectivity index is 1.69. The second-order valence-corrected chi connectivity index (χ2v) is 6.34. The van der Waals surface area contributed by atoms with Gasteiger partial charge in [0.25, 0.3) is 0 Å². The summed E-state index contributed by atoms with van der Waals surface area (Å²) in [4.78, 5) is 1.32. The maximum absolute atomic E-state index is 3.55. The van der Waals surface area contributed by atoms with Gasteiger partial charge in [-0.25, -0.2) is 0 Å². The molecular formula is C17H14BrNS. The van der Waals surface area contributed by atoms with Crippen molar-refractivity contribution in [2.75, 3.05) is 5.32 Å². The molecule has 0 bridgehead atoms. The lowest BCUT2D eigenvalue weighted by atomic mass is 10.1. The minimum atomic E-state index is 0.850. The topological polar surface area (TPSA) is 12.0 Å². The van der Waals surface area contributed by atoms with Crippen LogP contribution in [0, 0.1) is 0 Å². The van der Waals surface area contributed by atoms with Crippen LogP contribution in [-0.2, 0) is 6.54 Å². The van der Waals surface area contributed by atoms with Gasteiger partial charge < -0.3 is 5.32 Å². The lowest BCUT2D eigenvalue weighted by Crippen LogP contribution is -1.97. The van der Waals surface area contributed by atoms with Crippen molar-refractivity contribution in [2.45, 2.75) is 6.54 Å². The Labute approximate surface area is 131 Å². The molecule has 0 spiro atoms. The Kier molecular flexibility index (Phi) is 4.19. The molecule has 3 rings (SSSR count). The predicted molar refractivity (Wildman–Crippen MR) is 91.2 cm³/mol. The normalized spacial score (nSPS) is 10.4. The Morgan fingerprint density at radius 2 is 1.55 bits per heavy atom. The molecule has 100 valence electrons. The first-order valence-electron chi connectivity index (χ1n) is 6.44. The van der Waals surface area contributed by atoms with E-state index in [2.05, 4.69) is 81.2 Å². The highest BCUT2D eigenvalue weighted by atomic mass is 79.9.